The predicted octanol–water partition coefficient (Wildman–Crippen LogP) is 1.98. The Kier molecular flexibility index (Phi) is 3.67. The van der Waals surface area contributed by atoms with Gasteiger partial charge in [-0.15, -0.1) is 0 Å². The Bertz CT molecular complexity index is 485. The van der Waals surface area contributed by atoms with E-state index in [1.54, 1.807) is 0 Å². The number of amides is 2. The molecular formula is C13H21NO4SSi. The molecule has 7 heteroatoms. The maximum absolute atomic E-state index is 12.1. The van der Waals surface area contributed by atoms with Gasteiger partial charge in [0.25, 0.3) is 5.12 Å². The first-order valence-electron chi connectivity index (χ1n) is 6.73. The Balaban J connectivity index is 2.09. The minimum absolute atomic E-state index is 0.0577. The van der Waals surface area contributed by atoms with Gasteiger partial charge in [-0.25, -0.2) is 0 Å². The average Bonchev–Trinajstić information content (AvgIpc) is 2.48. The highest BCUT2D eigenvalue weighted by Gasteiger charge is 2.61. The molecule has 2 saturated heterocycles. The molecule has 5 nitrogen and oxygen atoms in total. The Hall–Kier alpha value is -0.663. The molecule has 3 atom stereocenters. The van der Waals surface area contributed by atoms with Crippen molar-refractivity contribution in [2.24, 2.45) is 5.92 Å². The smallest absolute Gasteiger partial charge is 0.308 e. The summed E-state index contributed by atoms with van der Waals surface area (Å²) in [5.41, 5.74) is 0. The molecule has 0 saturated carbocycles. The molecular weight excluding hydrogens is 294 g/mol. The Morgan fingerprint density at radius 3 is 2.30 bits per heavy atom. The van der Waals surface area contributed by atoms with Gasteiger partial charge in [-0.05, 0) is 25.1 Å². The molecule has 2 fully saturated rings. The van der Waals surface area contributed by atoms with E-state index in [-0.39, 0.29) is 28.3 Å². The number of rotatable bonds is 3. The fourth-order valence-electron chi connectivity index (χ4n) is 2.23. The van der Waals surface area contributed by atoms with Gasteiger partial charge in [0, 0.05) is 0 Å². The zero-order valence-corrected chi connectivity index (χ0v) is 14.5. The normalized spacial score (nSPS) is 28.5. The van der Waals surface area contributed by atoms with Gasteiger partial charge in [0.15, 0.2) is 8.32 Å². The lowest BCUT2D eigenvalue weighted by atomic mass is 9.93. The van der Waals surface area contributed by atoms with Crippen LogP contribution in [0, 0.1) is 5.92 Å². The van der Waals surface area contributed by atoms with Crippen molar-refractivity contribution in [2.45, 2.75) is 57.3 Å². The second-order valence-electron chi connectivity index (χ2n) is 6.92. The third-order valence-electron chi connectivity index (χ3n) is 4.50. The SMILES string of the molecule is CC(O[Si](C)(C)C(C)(C)C)[C@@H]1C(=O)N2C(=O)C(=O)S[C@H]12. The number of thioether (sulfide) groups is 1. The van der Waals surface area contributed by atoms with Crippen LogP contribution in [-0.2, 0) is 18.8 Å². The van der Waals surface area contributed by atoms with Crippen molar-refractivity contribution in [3.05, 3.63) is 0 Å². The van der Waals surface area contributed by atoms with Crippen LogP contribution in [0.5, 0.6) is 0 Å². The van der Waals surface area contributed by atoms with Crippen molar-refractivity contribution in [2.75, 3.05) is 0 Å². The number of carbonyl (C=O) groups is 3. The van der Waals surface area contributed by atoms with Crippen LogP contribution in [0.1, 0.15) is 27.7 Å². The molecule has 2 rings (SSSR count). The maximum Gasteiger partial charge on any atom is 0.308 e. The largest absolute Gasteiger partial charge is 0.413 e. The lowest BCUT2D eigenvalue weighted by Gasteiger charge is -2.46. The topological polar surface area (TPSA) is 63.7 Å². The van der Waals surface area contributed by atoms with Crippen molar-refractivity contribution in [1.82, 2.24) is 4.90 Å². The van der Waals surface area contributed by atoms with Crippen molar-refractivity contribution >= 4 is 37.0 Å². The van der Waals surface area contributed by atoms with Crippen LogP contribution in [0.3, 0.4) is 0 Å². The van der Waals surface area contributed by atoms with Crippen LogP contribution in [0.15, 0.2) is 0 Å². The van der Waals surface area contributed by atoms with Gasteiger partial charge < -0.3 is 4.43 Å². The van der Waals surface area contributed by atoms with Gasteiger partial charge >= 0.3 is 5.91 Å². The van der Waals surface area contributed by atoms with E-state index in [4.69, 9.17) is 4.43 Å². The van der Waals surface area contributed by atoms with Crippen molar-refractivity contribution < 1.29 is 18.8 Å². The van der Waals surface area contributed by atoms with Gasteiger partial charge in [0.05, 0.1) is 12.0 Å². The predicted molar refractivity (Wildman–Crippen MR) is 79.5 cm³/mol. The lowest BCUT2D eigenvalue weighted by molar-refractivity contribution is -0.164. The molecule has 112 valence electrons. The molecule has 1 unspecified atom stereocenters. The minimum atomic E-state index is -1.97. The second-order valence-corrected chi connectivity index (χ2v) is 12.8. The van der Waals surface area contributed by atoms with E-state index in [2.05, 4.69) is 33.9 Å². The van der Waals surface area contributed by atoms with Crippen LogP contribution in [-0.4, -0.2) is 41.6 Å². The van der Waals surface area contributed by atoms with Crippen LogP contribution in [0.4, 0.5) is 0 Å². The summed E-state index contributed by atoms with van der Waals surface area (Å²) in [7, 11) is -1.97. The van der Waals surface area contributed by atoms with Gasteiger partial charge in [-0.3, -0.25) is 19.3 Å². The molecule has 0 aromatic carbocycles. The molecule has 0 aliphatic carbocycles. The molecule has 0 N–H and O–H groups in total. The second kappa shape index (κ2) is 4.67. The number of β-lactam (4-membered cyclic amide) rings is 1. The van der Waals surface area contributed by atoms with Gasteiger partial charge in [-0.1, -0.05) is 32.5 Å². The molecule has 20 heavy (non-hydrogen) atoms. The van der Waals surface area contributed by atoms with Crippen molar-refractivity contribution in [3.63, 3.8) is 0 Å². The third kappa shape index (κ3) is 2.25. The van der Waals surface area contributed by atoms with Gasteiger partial charge in [-0.2, -0.15) is 0 Å². The summed E-state index contributed by atoms with van der Waals surface area (Å²) in [6.45, 7) is 12.5. The maximum atomic E-state index is 12.1. The van der Waals surface area contributed by atoms with Gasteiger partial charge in [0.1, 0.15) is 5.37 Å². The zero-order chi connectivity index (χ0) is 15.5. The minimum Gasteiger partial charge on any atom is -0.413 e. The van der Waals surface area contributed by atoms with E-state index in [0.29, 0.717) is 0 Å². The summed E-state index contributed by atoms with van der Waals surface area (Å²) in [6, 6.07) is 0. The lowest BCUT2D eigenvalue weighted by Crippen LogP contribution is -2.63. The standard InChI is InChI=1S/C13H21NO4SSi/c1-7(18-20(5,6)13(2,3)4)8-9(15)14-10(16)12(17)19-11(8)14/h7-8,11H,1-6H3/t7?,8-,11-/m1/s1. The summed E-state index contributed by atoms with van der Waals surface area (Å²) >= 11 is 0.949. The number of hydrogen-bond donors (Lipinski definition) is 0. The molecule has 2 amide bonds. The highest BCUT2D eigenvalue weighted by atomic mass is 32.2. The van der Waals surface area contributed by atoms with Crippen LogP contribution < -0.4 is 0 Å². The number of carbonyl (C=O) groups excluding carboxylic acids is 3. The molecule has 0 aromatic rings. The van der Waals surface area contributed by atoms with E-state index in [1.807, 2.05) is 6.92 Å². The fraction of sp³-hybridized carbons (Fsp3) is 0.769. The first-order chi connectivity index (χ1) is 8.97. The summed E-state index contributed by atoms with van der Waals surface area (Å²) in [6.07, 6.45) is -0.268. The van der Waals surface area contributed by atoms with E-state index in [1.165, 1.54) is 0 Å². The van der Waals surface area contributed by atoms with Crippen LogP contribution >= 0.6 is 11.8 Å². The summed E-state index contributed by atoms with van der Waals surface area (Å²) in [4.78, 5) is 36.0. The molecule has 2 aliphatic heterocycles. The van der Waals surface area contributed by atoms with E-state index in [0.717, 1.165) is 16.7 Å². The summed E-state index contributed by atoms with van der Waals surface area (Å²) in [5, 5.41) is -0.838. The molecule has 0 spiro atoms. The van der Waals surface area contributed by atoms with Crippen molar-refractivity contribution in [1.29, 1.82) is 0 Å². The highest BCUT2D eigenvalue weighted by molar-refractivity contribution is 8.16. The quantitative estimate of drug-likeness (QED) is 0.345. The van der Waals surface area contributed by atoms with Crippen molar-refractivity contribution in [3.8, 4) is 0 Å². The molecule has 0 radical (unpaired) electrons. The van der Waals surface area contributed by atoms with Crippen LogP contribution in [0.25, 0.3) is 0 Å². The summed E-state index contributed by atoms with van der Waals surface area (Å²) in [5.74, 6) is -1.34. The van der Waals surface area contributed by atoms with Gasteiger partial charge in [0.2, 0.25) is 5.91 Å². The van der Waals surface area contributed by atoms with E-state index < -0.39 is 19.3 Å². The molecule has 0 bridgehead atoms. The average molecular weight is 315 g/mol. The first-order valence-corrected chi connectivity index (χ1v) is 10.5. The van der Waals surface area contributed by atoms with Crippen LogP contribution in [0.2, 0.25) is 18.1 Å². The Labute approximate surface area is 124 Å². The summed E-state index contributed by atoms with van der Waals surface area (Å²) < 4.78 is 6.21. The number of fused-ring (bicyclic) bond motifs is 1. The number of imide groups is 1. The Morgan fingerprint density at radius 1 is 1.25 bits per heavy atom. The molecule has 0 aromatic heterocycles. The number of nitrogens with zero attached hydrogens (tertiary/aromatic N) is 1. The Morgan fingerprint density at radius 2 is 1.80 bits per heavy atom. The molecule has 2 heterocycles. The third-order valence-corrected chi connectivity index (χ3v) is 10.2. The highest BCUT2D eigenvalue weighted by Crippen LogP contribution is 2.46. The fourth-order valence-corrected chi connectivity index (χ4v) is 4.87. The number of hydrogen-bond acceptors (Lipinski definition) is 5. The molecule has 2 aliphatic rings. The van der Waals surface area contributed by atoms with E-state index in [9.17, 15) is 14.4 Å². The van der Waals surface area contributed by atoms with E-state index >= 15 is 0 Å². The monoisotopic (exact) mass is 315 g/mol. The zero-order valence-electron chi connectivity index (χ0n) is 12.7. The first kappa shape index (κ1) is 15.7.